The number of amides is 5. The number of urea groups is 1. The van der Waals surface area contributed by atoms with Crippen molar-refractivity contribution >= 4 is 48.6 Å². The topological polar surface area (TPSA) is 171 Å². The molecule has 1 saturated heterocycles. The van der Waals surface area contributed by atoms with Gasteiger partial charge in [-0.25, -0.2) is 4.79 Å². The lowest BCUT2D eigenvalue weighted by Crippen LogP contribution is -2.58. The number of alkyl halides is 3. The summed E-state index contributed by atoms with van der Waals surface area (Å²) in [4.78, 5) is 72.6. The second-order valence-corrected chi connectivity index (χ2v) is 13.4. The Morgan fingerprint density at radius 1 is 1.02 bits per heavy atom. The van der Waals surface area contributed by atoms with Gasteiger partial charge >= 0.3 is 12.2 Å². The molecule has 0 radical (unpaired) electrons. The highest BCUT2D eigenvalue weighted by molar-refractivity contribution is 7.78. The zero-order chi connectivity index (χ0) is 37.9. The van der Waals surface area contributed by atoms with Gasteiger partial charge in [-0.1, -0.05) is 82.1 Å². The predicted octanol–water partition coefficient (Wildman–Crippen LogP) is 3.74. The first-order valence-corrected chi connectivity index (χ1v) is 16.1. The standard InChI is InChI=1S/C19H34N4O4.C6H9F3N2O2S.C4H10.C2H6/c1-12(2)13-8-14(11-24)23(10-13)17(26)16(19(3,4)5)21-18(27)20-9-15(25)22(6)7;7-6(8,9)2-1-3(11-14)4(12)5(10)13;1-4(2)3;1-2/h11-14,16H,8-10H2,1-7H3,(H2,20,21,27);3,11,14H,1-2H2,(H2,10,13);4H,1-3H3;1-2H3. The first-order valence-electron chi connectivity index (χ1n) is 15.7. The average Bonchev–Trinajstić information content (AvgIpc) is 3.39. The first kappa shape index (κ1) is 48.5. The van der Waals surface area contributed by atoms with E-state index in [0.29, 0.717) is 18.9 Å². The van der Waals surface area contributed by atoms with Gasteiger partial charge in [0.1, 0.15) is 12.3 Å². The van der Waals surface area contributed by atoms with Crippen LogP contribution < -0.4 is 21.1 Å². The van der Waals surface area contributed by atoms with Crippen molar-refractivity contribution in [2.75, 3.05) is 27.2 Å². The Morgan fingerprint density at radius 2 is 1.51 bits per heavy atom. The number of likely N-dealkylation sites (tertiary alicyclic amines) is 1. The van der Waals surface area contributed by atoms with E-state index in [1.165, 1.54) is 4.90 Å². The number of nitrogens with two attached hydrogens (primary N) is 1. The van der Waals surface area contributed by atoms with Gasteiger partial charge in [-0.2, -0.15) is 13.2 Å². The molecular weight excluding hydrogens is 641 g/mol. The Balaban J connectivity index is -0.000000808. The maximum Gasteiger partial charge on any atom is 0.389 e. The molecule has 0 aromatic carbocycles. The summed E-state index contributed by atoms with van der Waals surface area (Å²) in [5.74, 6) is -1.44. The molecular formula is C31H59F3N6O6S. The van der Waals surface area contributed by atoms with Crippen molar-refractivity contribution in [2.45, 2.75) is 113 Å². The highest BCUT2D eigenvalue weighted by Gasteiger charge is 2.42. The number of rotatable bonds is 11. The van der Waals surface area contributed by atoms with E-state index < -0.39 is 60.3 Å². The highest BCUT2D eigenvalue weighted by atomic mass is 32.1. The largest absolute Gasteiger partial charge is 0.389 e. The number of carbonyl (C=O) groups excluding carboxylic acids is 6. The number of primary amides is 1. The molecule has 4 unspecified atom stereocenters. The fourth-order valence-corrected chi connectivity index (χ4v) is 4.06. The van der Waals surface area contributed by atoms with Crippen LogP contribution in [0.1, 0.15) is 88.5 Å². The van der Waals surface area contributed by atoms with Crippen molar-refractivity contribution in [3.8, 4) is 0 Å². The normalized spacial score (nSPS) is 17.0. The summed E-state index contributed by atoms with van der Waals surface area (Å²) in [6.45, 7) is 20.6. The molecule has 1 rings (SSSR count). The van der Waals surface area contributed by atoms with Crippen LogP contribution in [0.25, 0.3) is 0 Å². The van der Waals surface area contributed by atoms with Crippen LogP contribution in [0.2, 0.25) is 0 Å². The molecule has 4 atom stereocenters. The van der Waals surface area contributed by atoms with Crippen LogP contribution in [0.4, 0.5) is 18.0 Å². The summed E-state index contributed by atoms with van der Waals surface area (Å²) in [5, 5.41) is 5.17. The predicted molar refractivity (Wildman–Crippen MR) is 180 cm³/mol. The molecule has 0 saturated carbocycles. The summed E-state index contributed by atoms with van der Waals surface area (Å²) in [6, 6.07) is -3.14. The van der Waals surface area contributed by atoms with Gasteiger partial charge in [0.05, 0.1) is 18.6 Å². The smallest absolute Gasteiger partial charge is 0.363 e. The SMILES string of the molecule is CC.CC(C)C.CC(C)C1CC(C=O)N(C(=O)C(NC(=O)NCC(=O)N(C)C)C(C)(C)C)C1.NC(=O)C(=O)C(CCC(F)(F)F)NS. The van der Waals surface area contributed by atoms with Crippen molar-refractivity contribution in [3.05, 3.63) is 0 Å². The van der Waals surface area contributed by atoms with Crippen molar-refractivity contribution in [3.63, 3.8) is 0 Å². The fraction of sp³-hybridized carbons (Fsp3) is 0.806. The Labute approximate surface area is 284 Å². The molecule has 5 N–H and O–H groups in total. The van der Waals surface area contributed by atoms with E-state index in [9.17, 15) is 41.9 Å². The van der Waals surface area contributed by atoms with E-state index in [2.05, 4.69) is 63.8 Å². The van der Waals surface area contributed by atoms with Crippen LogP contribution in [-0.2, 0) is 24.0 Å². The van der Waals surface area contributed by atoms with Crippen molar-refractivity contribution in [2.24, 2.45) is 28.9 Å². The lowest BCUT2D eigenvalue weighted by molar-refractivity contribution is -0.142. The molecule has 0 aromatic rings. The maximum atomic E-state index is 13.2. The van der Waals surface area contributed by atoms with Crippen LogP contribution in [0, 0.1) is 23.2 Å². The Kier molecular flexibility index (Phi) is 24.2. The van der Waals surface area contributed by atoms with Crippen LogP contribution in [0.15, 0.2) is 0 Å². The number of aldehydes is 1. The zero-order valence-corrected chi connectivity index (χ0v) is 31.0. The number of nitrogens with one attached hydrogen (secondary N) is 3. The molecule has 0 spiro atoms. The summed E-state index contributed by atoms with van der Waals surface area (Å²) in [7, 11) is 3.20. The number of hydrogen-bond donors (Lipinski definition) is 5. The molecule has 1 aliphatic rings. The maximum absolute atomic E-state index is 13.2. The fourth-order valence-electron chi connectivity index (χ4n) is 3.81. The number of ketones is 1. The van der Waals surface area contributed by atoms with E-state index in [4.69, 9.17) is 0 Å². The number of likely N-dealkylation sites (N-methyl/N-ethyl adjacent to an activating group) is 1. The number of nitrogens with zero attached hydrogens (tertiary/aromatic N) is 2. The highest BCUT2D eigenvalue weighted by Crippen LogP contribution is 2.31. The van der Waals surface area contributed by atoms with Crippen LogP contribution in [0.5, 0.6) is 0 Å². The van der Waals surface area contributed by atoms with Crippen LogP contribution in [0.3, 0.4) is 0 Å². The second kappa shape index (κ2) is 23.4. The van der Waals surface area contributed by atoms with Gasteiger partial charge < -0.3 is 31.0 Å². The van der Waals surface area contributed by atoms with Crippen LogP contribution >= 0.6 is 12.8 Å². The number of thiol groups is 1. The van der Waals surface area contributed by atoms with Crippen LogP contribution in [-0.4, -0.2) is 97.1 Å². The average molecular weight is 701 g/mol. The molecule has 47 heavy (non-hydrogen) atoms. The van der Waals surface area contributed by atoms with Gasteiger partial charge in [0.25, 0.3) is 5.91 Å². The van der Waals surface area contributed by atoms with E-state index in [1.807, 2.05) is 39.3 Å². The van der Waals surface area contributed by atoms with E-state index in [0.717, 1.165) is 12.2 Å². The minimum Gasteiger partial charge on any atom is -0.363 e. The minimum absolute atomic E-state index is 0.153. The second-order valence-electron chi connectivity index (χ2n) is 13.1. The van der Waals surface area contributed by atoms with Gasteiger partial charge in [-0.3, -0.25) is 23.9 Å². The molecule has 1 heterocycles. The van der Waals surface area contributed by atoms with E-state index >= 15 is 0 Å². The molecule has 12 nitrogen and oxygen atoms in total. The first-order chi connectivity index (χ1) is 21.4. The lowest BCUT2D eigenvalue weighted by atomic mass is 9.85. The Hall–Kier alpha value is -2.88. The third-order valence-electron chi connectivity index (χ3n) is 6.48. The molecule has 1 fully saturated rings. The summed E-state index contributed by atoms with van der Waals surface area (Å²) in [5.41, 5.74) is 4.06. The third kappa shape index (κ3) is 21.6. The molecule has 16 heteroatoms. The number of carbonyl (C=O) groups is 6. The van der Waals surface area contributed by atoms with Gasteiger partial charge in [-0.15, -0.1) is 0 Å². The molecule has 276 valence electrons. The molecule has 0 aromatic heterocycles. The summed E-state index contributed by atoms with van der Waals surface area (Å²) < 4.78 is 37.2. The molecule has 1 aliphatic heterocycles. The van der Waals surface area contributed by atoms with Crippen molar-refractivity contribution in [1.82, 2.24) is 25.2 Å². The monoisotopic (exact) mass is 700 g/mol. The zero-order valence-electron chi connectivity index (χ0n) is 30.1. The number of halogens is 3. The van der Waals surface area contributed by atoms with Gasteiger partial charge in [0, 0.05) is 27.1 Å². The van der Waals surface area contributed by atoms with Crippen molar-refractivity contribution in [1.29, 1.82) is 0 Å². The van der Waals surface area contributed by atoms with Crippen molar-refractivity contribution < 1.29 is 41.9 Å². The summed E-state index contributed by atoms with van der Waals surface area (Å²) in [6.07, 6.45) is -4.65. The third-order valence-corrected chi connectivity index (χ3v) is 6.79. The quantitative estimate of drug-likeness (QED) is 0.124. The van der Waals surface area contributed by atoms with Gasteiger partial charge in [0.15, 0.2) is 0 Å². The molecule has 0 aliphatic carbocycles. The van der Waals surface area contributed by atoms with Gasteiger partial charge in [-0.05, 0) is 36.0 Å². The summed E-state index contributed by atoms with van der Waals surface area (Å²) >= 11 is 3.43. The Bertz CT molecular complexity index is 987. The number of hydrogen-bond acceptors (Lipinski definition) is 8. The van der Waals surface area contributed by atoms with E-state index in [-0.39, 0.29) is 24.3 Å². The van der Waals surface area contributed by atoms with Gasteiger partial charge in [0.2, 0.25) is 17.6 Å². The lowest BCUT2D eigenvalue weighted by Gasteiger charge is -2.34. The molecule has 5 amide bonds. The Morgan fingerprint density at radius 3 is 1.85 bits per heavy atom. The van der Waals surface area contributed by atoms with E-state index in [1.54, 1.807) is 19.0 Å². The number of Topliss-reactive ketones (excluding diaryl/α,β-unsaturated/α-hetero) is 1. The minimum atomic E-state index is -4.37. The molecule has 0 bridgehead atoms.